The monoisotopic (exact) mass is 286 g/mol. The van der Waals surface area contributed by atoms with E-state index >= 15 is 0 Å². The van der Waals surface area contributed by atoms with E-state index in [-0.39, 0.29) is 6.04 Å². The first kappa shape index (κ1) is 14.1. The Morgan fingerprint density at radius 3 is 2.50 bits per heavy atom. The lowest BCUT2D eigenvalue weighted by molar-refractivity contribution is 0.141. The number of likely N-dealkylation sites (tertiary alicyclic amines) is 1. The molecular formula is C14H20Cl2N2. The van der Waals surface area contributed by atoms with Crippen molar-refractivity contribution >= 4 is 23.2 Å². The molecule has 18 heavy (non-hydrogen) atoms. The standard InChI is InChI=1S/C14H20Cl2N2/c1-10-4-6-18(7-5-10)14(9-17)11-2-3-12(15)13(16)8-11/h2-3,8,10,14H,4-7,9,17H2,1H3. The lowest BCUT2D eigenvalue weighted by Crippen LogP contribution is -2.39. The van der Waals surface area contributed by atoms with Gasteiger partial charge in [-0.2, -0.15) is 0 Å². The van der Waals surface area contributed by atoms with Crippen LogP contribution in [-0.2, 0) is 0 Å². The van der Waals surface area contributed by atoms with E-state index in [0.29, 0.717) is 16.6 Å². The number of benzene rings is 1. The van der Waals surface area contributed by atoms with Crippen molar-refractivity contribution in [2.75, 3.05) is 19.6 Å². The first-order valence-corrected chi connectivity index (χ1v) is 7.26. The third kappa shape index (κ3) is 3.18. The summed E-state index contributed by atoms with van der Waals surface area (Å²) in [6.07, 6.45) is 2.50. The Hall–Kier alpha value is -0.280. The molecule has 2 N–H and O–H groups in total. The molecule has 4 heteroatoms. The Morgan fingerprint density at radius 1 is 1.28 bits per heavy atom. The highest BCUT2D eigenvalue weighted by atomic mass is 35.5. The average Bonchev–Trinajstić information content (AvgIpc) is 2.37. The molecule has 1 aromatic rings. The van der Waals surface area contributed by atoms with Crippen molar-refractivity contribution in [3.05, 3.63) is 33.8 Å². The fourth-order valence-corrected chi connectivity index (χ4v) is 2.86. The van der Waals surface area contributed by atoms with Crippen molar-refractivity contribution in [1.29, 1.82) is 0 Å². The van der Waals surface area contributed by atoms with Crippen LogP contribution in [-0.4, -0.2) is 24.5 Å². The second-order valence-corrected chi connectivity index (χ2v) is 5.96. The molecule has 0 radical (unpaired) electrons. The third-order valence-electron chi connectivity index (χ3n) is 3.81. The third-order valence-corrected chi connectivity index (χ3v) is 4.55. The maximum atomic E-state index is 6.09. The molecule has 1 unspecified atom stereocenters. The number of rotatable bonds is 3. The number of nitrogens with zero attached hydrogens (tertiary/aromatic N) is 1. The molecule has 1 aromatic carbocycles. The van der Waals surface area contributed by atoms with Gasteiger partial charge in [-0.05, 0) is 49.5 Å². The topological polar surface area (TPSA) is 29.3 Å². The van der Waals surface area contributed by atoms with Crippen molar-refractivity contribution < 1.29 is 0 Å². The van der Waals surface area contributed by atoms with Crippen molar-refractivity contribution in [2.24, 2.45) is 11.7 Å². The molecule has 1 aliphatic heterocycles. The zero-order valence-electron chi connectivity index (χ0n) is 10.7. The van der Waals surface area contributed by atoms with Crippen molar-refractivity contribution in [1.82, 2.24) is 4.90 Å². The van der Waals surface area contributed by atoms with Gasteiger partial charge in [0.2, 0.25) is 0 Å². The van der Waals surface area contributed by atoms with Crippen molar-refractivity contribution in [2.45, 2.75) is 25.8 Å². The maximum Gasteiger partial charge on any atom is 0.0595 e. The summed E-state index contributed by atoms with van der Waals surface area (Å²) >= 11 is 12.0. The van der Waals surface area contributed by atoms with Crippen LogP contribution in [0.5, 0.6) is 0 Å². The molecule has 1 aliphatic rings. The van der Waals surface area contributed by atoms with Gasteiger partial charge in [-0.3, -0.25) is 4.90 Å². The first-order chi connectivity index (χ1) is 8.61. The molecule has 0 aromatic heterocycles. The largest absolute Gasteiger partial charge is 0.329 e. The van der Waals surface area contributed by atoms with Gasteiger partial charge in [0.1, 0.15) is 0 Å². The lowest BCUT2D eigenvalue weighted by Gasteiger charge is -2.36. The Balaban J connectivity index is 2.14. The number of halogens is 2. The number of hydrogen-bond donors (Lipinski definition) is 1. The smallest absolute Gasteiger partial charge is 0.0595 e. The first-order valence-electron chi connectivity index (χ1n) is 6.51. The van der Waals surface area contributed by atoms with E-state index in [2.05, 4.69) is 11.8 Å². The van der Waals surface area contributed by atoms with E-state index in [4.69, 9.17) is 28.9 Å². The van der Waals surface area contributed by atoms with E-state index in [1.807, 2.05) is 18.2 Å². The van der Waals surface area contributed by atoms with Crippen LogP contribution in [0, 0.1) is 5.92 Å². The second kappa shape index (κ2) is 6.25. The van der Waals surface area contributed by atoms with Gasteiger partial charge in [0.05, 0.1) is 10.0 Å². The highest BCUT2D eigenvalue weighted by molar-refractivity contribution is 6.42. The van der Waals surface area contributed by atoms with Crippen molar-refractivity contribution in [3.8, 4) is 0 Å². The van der Waals surface area contributed by atoms with Crippen LogP contribution < -0.4 is 5.73 Å². The normalized spacial score (nSPS) is 20.0. The predicted octanol–water partition coefficient (Wildman–Crippen LogP) is 3.73. The molecule has 1 fully saturated rings. The molecule has 2 nitrogen and oxygen atoms in total. The number of nitrogens with two attached hydrogens (primary N) is 1. The lowest BCUT2D eigenvalue weighted by atomic mass is 9.96. The molecule has 0 spiro atoms. The minimum atomic E-state index is 0.257. The molecule has 1 heterocycles. The molecule has 0 saturated carbocycles. The van der Waals surface area contributed by atoms with Gasteiger partial charge in [-0.25, -0.2) is 0 Å². The zero-order chi connectivity index (χ0) is 13.1. The highest BCUT2D eigenvalue weighted by Gasteiger charge is 2.23. The molecule has 0 bridgehead atoms. The van der Waals surface area contributed by atoms with Gasteiger partial charge in [-0.15, -0.1) is 0 Å². The molecular weight excluding hydrogens is 267 g/mol. The average molecular weight is 287 g/mol. The van der Waals surface area contributed by atoms with Crippen LogP contribution in [0.1, 0.15) is 31.4 Å². The van der Waals surface area contributed by atoms with Crippen LogP contribution in [0.4, 0.5) is 0 Å². The summed E-state index contributed by atoms with van der Waals surface area (Å²) in [5.41, 5.74) is 7.11. The van der Waals surface area contributed by atoms with E-state index in [0.717, 1.165) is 19.0 Å². The quantitative estimate of drug-likeness (QED) is 0.918. The van der Waals surface area contributed by atoms with Crippen LogP contribution in [0.25, 0.3) is 0 Å². The molecule has 1 saturated heterocycles. The molecule has 1 atom stereocenters. The Kier molecular flexibility index (Phi) is 4.91. The zero-order valence-corrected chi connectivity index (χ0v) is 12.2. The van der Waals surface area contributed by atoms with Gasteiger partial charge in [0.15, 0.2) is 0 Å². The van der Waals surface area contributed by atoms with Crippen LogP contribution >= 0.6 is 23.2 Å². The molecule has 0 aliphatic carbocycles. The van der Waals surface area contributed by atoms with Crippen LogP contribution in [0.2, 0.25) is 10.0 Å². The number of hydrogen-bond acceptors (Lipinski definition) is 2. The SMILES string of the molecule is CC1CCN(C(CN)c2ccc(Cl)c(Cl)c2)CC1. The minimum absolute atomic E-state index is 0.257. The van der Waals surface area contributed by atoms with E-state index in [9.17, 15) is 0 Å². The summed E-state index contributed by atoms with van der Waals surface area (Å²) in [6, 6.07) is 6.09. The van der Waals surface area contributed by atoms with Crippen LogP contribution in [0.3, 0.4) is 0 Å². The fraction of sp³-hybridized carbons (Fsp3) is 0.571. The van der Waals surface area contributed by atoms with Gasteiger partial charge in [0, 0.05) is 12.6 Å². The summed E-state index contributed by atoms with van der Waals surface area (Å²) < 4.78 is 0. The van der Waals surface area contributed by atoms with E-state index < -0.39 is 0 Å². The van der Waals surface area contributed by atoms with Gasteiger partial charge in [0.25, 0.3) is 0 Å². The summed E-state index contributed by atoms with van der Waals surface area (Å²) in [5.74, 6) is 0.827. The van der Waals surface area contributed by atoms with Crippen LogP contribution in [0.15, 0.2) is 18.2 Å². The van der Waals surface area contributed by atoms with Gasteiger partial charge >= 0.3 is 0 Å². The minimum Gasteiger partial charge on any atom is -0.329 e. The Bertz CT molecular complexity index is 401. The summed E-state index contributed by atoms with van der Waals surface area (Å²) in [6.45, 7) is 5.16. The molecule has 2 rings (SSSR count). The van der Waals surface area contributed by atoms with Crippen molar-refractivity contribution in [3.63, 3.8) is 0 Å². The maximum absolute atomic E-state index is 6.09. The molecule has 100 valence electrons. The second-order valence-electron chi connectivity index (χ2n) is 5.14. The van der Waals surface area contributed by atoms with E-state index in [1.165, 1.54) is 18.4 Å². The van der Waals surface area contributed by atoms with E-state index in [1.54, 1.807) is 0 Å². The van der Waals surface area contributed by atoms with Gasteiger partial charge < -0.3 is 5.73 Å². The Morgan fingerprint density at radius 2 is 1.94 bits per heavy atom. The summed E-state index contributed by atoms with van der Waals surface area (Å²) in [5, 5.41) is 1.21. The molecule has 0 amide bonds. The predicted molar refractivity (Wildman–Crippen MR) is 78.2 cm³/mol. The highest BCUT2D eigenvalue weighted by Crippen LogP contribution is 2.30. The Labute approximate surface area is 119 Å². The van der Waals surface area contributed by atoms with Gasteiger partial charge in [-0.1, -0.05) is 36.2 Å². The number of piperidine rings is 1. The fourth-order valence-electron chi connectivity index (χ4n) is 2.56. The summed E-state index contributed by atoms with van der Waals surface area (Å²) in [7, 11) is 0. The summed E-state index contributed by atoms with van der Waals surface area (Å²) in [4.78, 5) is 2.46.